The van der Waals surface area contributed by atoms with Crippen LogP contribution in [0.25, 0.3) is 0 Å². The Balaban J connectivity index is 1.98. The van der Waals surface area contributed by atoms with E-state index in [1.54, 1.807) is 20.8 Å². The van der Waals surface area contributed by atoms with E-state index in [2.05, 4.69) is 5.32 Å². The number of imide groups is 1. The Morgan fingerprint density at radius 1 is 1.21 bits per heavy atom. The number of benzene rings is 1. The van der Waals surface area contributed by atoms with Crippen molar-refractivity contribution in [3.05, 3.63) is 35.4 Å². The third-order valence-corrected chi connectivity index (χ3v) is 5.04. The van der Waals surface area contributed by atoms with Crippen LogP contribution in [0, 0.1) is 5.41 Å². The van der Waals surface area contributed by atoms with Crippen molar-refractivity contribution < 1.29 is 14.4 Å². The van der Waals surface area contributed by atoms with Crippen LogP contribution in [0.2, 0.25) is 0 Å². The fraction of sp³-hybridized carbons (Fsp3) is 0.526. The van der Waals surface area contributed by atoms with E-state index < -0.39 is 17.0 Å². The van der Waals surface area contributed by atoms with Gasteiger partial charge >= 0.3 is 6.03 Å². The van der Waals surface area contributed by atoms with Gasteiger partial charge in [0, 0.05) is 5.41 Å². The Bertz CT molecular complexity index is 705. The van der Waals surface area contributed by atoms with Crippen LogP contribution in [0.5, 0.6) is 0 Å². The zero-order valence-electron chi connectivity index (χ0n) is 14.5. The summed E-state index contributed by atoms with van der Waals surface area (Å²) in [6.07, 6.45) is 3.33. The Morgan fingerprint density at radius 2 is 1.92 bits per heavy atom. The summed E-state index contributed by atoms with van der Waals surface area (Å²) in [5.41, 5.74) is 0.388. The minimum Gasteiger partial charge on any atom is -0.319 e. The third kappa shape index (κ3) is 2.62. The molecule has 5 nitrogen and oxygen atoms in total. The summed E-state index contributed by atoms with van der Waals surface area (Å²) in [5.74, 6) is -0.413. The number of hydrogen-bond donors (Lipinski definition) is 1. The molecule has 128 valence electrons. The highest BCUT2D eigenvalue weighted by Crippen LogP contribution is 2.39. The molecule has 0 saturated carbocycles. The van der Waals surface area contributed by atoms with Gasteiger partial charge in [0.2, 0.25) is 0 Å². The highest BCUT2D eigenvalue weighted by atomic mass is 16.2. The van der Waals surface area contributed by atoms with E-state index in [9.17, 15) is 14.4 Å². The molecule has 3 rings (SSSR count). The van der Waals surface area contributed by atoms with Gasteiger partial charge in [-0.25, -0.2) is 4.79 Å². The SMILES string of the molecule is CC(C)(C)C(=O)CN1C(=O)N[C@@]2(CCCCc3ccccc32)C1=O. The Morgan fingerprint density at radius 3 is 2.62 bits per heavy atom. The molecule has 5 heteroatoms. The molecule has 1 spiro atoms. The first-order valence-electron chi connectivity index (χ1n) is 8.51. The number of carbonyl (C=O) groups is 3. The van der Waals surface area contributed by atoms with Crippen LogP contribution in [0.3, 0.4) is 0 Å². The number of amides is 3. The Labute approximate surface area is 142 Å². The number of rotatable bonds is 2. The molecule has 1 heterocycles. The van der Waals surface area contributed by atoms with Crippen molar-refractivity contribution in [2.45, 2.75) is 52.0 Å². The number of hydrogen-bond acceptors (Lipinski definition) is 3. The van der Waals surface area contributed by atoms with Crippen molar-refractivity contribution in [2.75, 3.05) is 6.54 Å². The minimum atomic E-state index is -1.01. The number of ketones is 1. The van der Waals surface area contributed by atoms with Crippen LogP contribution in [-0.4, -0.2) is 29.2 Å². The molecular formula is C19H24N2O3. The lowest BCUT2D eigenvalue weighted by atomic mass is 9.84. The Hall–Kier alpha value is -2.17. The maximum atomic E-state index is 13.2. The van der Waals surface area contributed by atoms with Crippen molar-refractivity contribution >= 4 is 17.7 Å². The molecule has 1 aliphatic carbocycles. The number of nitrogens with zero attached hydrogens (tertiary/aromatic N) is 1. The highest BCUT2D eigenvalue weighted by Gasteiger charge is 2.53. The maximum absolute atomic E-state index is 13.2. The van der Waals surface area contributed by atoms with E-state index in [-0.39, 0.29) is 18.2 Å². The fourth-order valence-electron chi connectivity index (χ4n) is 3.50. The molecule has 0 aromatic heterocycles. The van der Waals surface area contributed by atoms with Crippen molar-refractivity contribution in [2.24, 2.45) is 5.41 Å². The lowest BCUT2D eigenvalue weighted by Crippen LogP contribution is -2.45. The van der Waals surface area contributed by atoms with Gasteiger partial charge in [0.15, 0.2) is 5.78 Å². The molecule has 0 radical (unpaired) electrons. The van der Waals surface area contributed by atoms with E-state index in [0.29, 0.717) is 6.42 Å². The highest BCUT2D eigenvalue weighted by molar-refractivity contribution is 6.10. The normalized spacial score (nSPS) is 23.9. The molecule has 1 N–H and O–H groups in total. The van der Waals surface area contributed by atoms with Crippen molar-refractivity contribution in [3.63, 3.8) is 0 Å². The van der Waals surface area contributed by atoms with Gasteiger partial charge in [-0.2, -0.15) is 0 Å². The van der Waals surface area contributed by atoms with Gasteiger partial charge in [0.25, 0.3) is 5.91 Å². The molecule has 0 unspecified atom stereocenters. The molecule has 1 aliphatic heterocycles. The number of fused-ring (bicyclic) bond motifs is 2. The monoisotopic (exact) mass is 328 g/mol. The van der Waals surface area contributed by atoms with Crippen molar-refractivity contribution in [1.82, 2.24) is 10.2 Å². The van der Waals surface area contributed by atoms with Gasteiger partial charge in [0.1, 0.15) is 5.54 Å². The number of Topliss-reactive ketones (excluding diaryl/α,β-unsaturated/α-hetero) is 1. The third-order valence-electron chi connectivity index (χ3n) is 5.04. The van der Waals surface area contributed by atoms with Gasteiger partial charge in [-0.1, -0.05) is 45.0 Å². The van der Waals surface area contributed by atoms with Crippen LogP contribution in [0.15, 0.2) is 24.3 Å². The first kappa shape index (κ1) is 16.7. The molecule has 3 amide bonds. The average molecular weight is 328 g/mol. The summed E-state index contributed by atoms with van der Waals surface area (Å²) < 4.78 is 0. The molecule has 0 bridgehead atoms. The van der Waals surface area contributed by atoms with E-state index in [1.807, 2.05) is 24.3 Å². The number of urea groups is 1. The first-order chi connectivity index (χ1) is 11.3. The predicted molar refractivity (Wildman–Crippen MR) is 90.4 cm³/mol. The number of aryl methyl sites for hydroxylation is 1. The van der Waals surface area contributed by atoms with Gasteiger partial charge < -0.3 is 5.32 Å². The summed E-state index contributed by atoms with van der Waals surface area (Å²) in [6.45, 7) is 5.22. The summed E-state index contributed by atoms with van der Waals surface area (Å²) in [4.78, 5) is 39.1. The van der Waals surface area contributed by atoms with Crippen LogP contribution in [0.4, 0.5) is 4.79 Å². The second kappa shape index (κ2) is 5.72. The van der Waals surface area contributed by atoms with E-state index in [1.165, 1.54) is 0 Å². The fourth-order valence-corrected chi connectivity index (χ4v) is 3.50. The molecule has 1 aromatic carbocycles. The quantitative estimate of drug-likeness (QED) is 0.849. The van der Waals surface area contributed by atoms with Gasteiger partial charge in [-0.15, -0.1) is 0 Å². The van der Waals surface area contributed by atoms with E-state index in [0.717, 1.165) is 35.3 Å². The topological polar surface area (TPSA) is 66.5 Å². The molecule has 1 saturated heterocycles. The summed E-state index contributed by atoms with van der Waals surface area (Å²) in [6, 6.07) is 7.34. The summed E-state index contributed by atoms with van der Waals surface area (Å²) in [5, 5.41) is 2.91. The van der Waals surface area contributed by atoms with Gasteiger partial charge in [0.05, 0.1) is 6.54 Å². The molecule has 1 fully saturated rings. The van der Waals surface area contributed by atoms with Crippen LogP contribution in [-0.2, 0) is 21.5 Å². The average Bonchev–Trinajstić information content (AvgIpc) is 2.68. The standard InChI is InChI=1S/C19H24N2O3/c1-18(2,3)15(22)12-21-16(23)19(20-17(21)24)11-7-6-9-13-8-4-5-10-14(13)19/h4-5,8,10H,6-7,9,11-12H2,1-3H3,(H,20,24)/t19-/m1/s1. The molecule has 1 atom stereocenters. The second-order valence-electron chi connectivity index (χ2n) is 7.76. The first-order valence-corrected chi connectivity index (χ1v) is 8.51. The number of nitrogens with one attached hydrogen (secondary N) is 1. The van der Waals surface area contributed by atoms with E-state index >= 15 is 0 Å². The summed E-state index contributed by atoms with van der Waals surface area (Å²) in [7, 11) is 0. The van der Waals surface area contributed by atoms with Gasteiger partial charge in [-0.05, 0) is 36.8 Å². The van der Waals surface area contributed by atoms with Crippen LogP contribution in [0.1, 0.15) is 51.2 Å². The van der Waals surface area contributed by atoms with E-state index in [4.69, 9.17) is 0 Å². The summed E-state index contributed by atoms with van der Waals surface area (Å²) >= 11 is 0. The lowest BCUT2D eigenvalue weighted by molar-refractivity contribution is -0.137. The molecule has 1 aromatic rings. The largest absolute Gasteiger partial charge is 0.325 e. The molecule has 24 heavy (non-hydrogen) atoms. The predicted octanol–water partition coefficient (Wildman–Crippen LogP) is 2.78. The molecular weight excluding hydrogens is 304 g/mol. The maximum Gasteiger partial charge on any atom is 0.325 e. The van der Waals surface area contributed by atoms with Gasteiger partial charge in [-0.3, -0.25) is 14.5 Å². The zero-order valence-corrected chi connectivity index (χ0v) is 14.5. The van der Waals surface area contributed by atoms with Crippen molar-refractivity contribution in [3.8, 4) is 0 Å². The zero-order chi connectivity index (χ0) is 17.5. The molecule has 2 aliphatic rings. The minimum absolute atomic E-state index is 0.120. The Kier molecular flexibility index (Phi) is 3.98. The van der Waals surface area contributed by atoms with Crippen LogP contribution >= 0.6 is 0 Å². The second-order valence-corrected chi connectivity index (χ2v) is 7.76. The van der Waals surface area contributed by atoms with Crippen molar-refractivity contribution in [1.29, 1.82) is 0 Å². The van der Waals surface area contributed by atoms with Crippen LogP contribution < -0.4 is 5.32 Å². The number of carbonyl (C=O) groups excluding carboxylic acids is 3. The smallest absolute Gasteiger partial charge is 0.319 e. The lowest BCUT2D eigenvalue weighted by Gasteiger charge is -2.27.